The maximum atomic E-state index is 14.2. The Morgan fingerprint density at radius 3 is 2.48 bits per heavy atom. The zero-order valence-electron chi connectivity index (χ0n) is 17.3. The molecular weight excluding hydrogens is 420 g/mol. The first-order valence-corrected chi connectivity index (χ1v) is 11.2. The first-order chi connectivity index (χ1) is 14.9. The van der Waals surface area contributed by atoms with E-state index in [0.29, 0.717) is 16.0 Å². The molecule has 8 heteroatoms. The number of carbonyl (C=O) groups is 2. The second-order valence-electron chi connectivity index (χ2n) is 7.84. The molecule has 0 N–H and O–H groups in total. The Bertz CT molecular complexity index is 1100. The molecule has 7 nitrogen and oxygen atoms in total. The predicted molar refractivity (Wildman–Crippen MR) is 110 cm³/mol. The summed E-state index contributed by atoms with van der Waals surface area (Å²) in [5, 5.41) is 0. The summed E-state index contributed by atoms with van der Waals surface area (Å²) in [6, 6.07) is 13.9. The second kappa shape index (κ2) is 7.06. The van der Waals surface area contributed by atoms with Gasteiger partial charge in [-0.1, -0.05) is 42.0 Å². The number of rotatable bonds is 5. The lowest BCUT2D eigenvalue weighted by molar-refractivity contribution is -0.238. The topological polar surface area (TPSA) is 88.1 Å². The van der Waals surface area contributed by atoms with Gasteiger partial charge in [0.1, 0.15) is 6.10 Å². The molecule has 2 aromatic rings. The van der Waals surface area contributed by atoms with Crippen molar-refractivity contribution in [1.29, 1.82) is 0 Å². The number of esters is 1. The fraction of sp³-hybridized carbons (Fsp3) is 0.391. The quantitative estimate of drug-likeness (QED) is 0.658. The summed E-state index contributed by atoms with van der Waals surface area (Å²) in [6.07, 6.45) is -2.17. The minimum Gasteiger partial charge on any atom is -0.434 e. The van der Waals surface area contributed by atoms with E-state index < -0.39 is 45.6 Å². The maximum absolute atomic E-state index is 14.2. The molecule has 3 aliphatic rings. The van der Waals surface area contributed by atoms with Gasteiger partial charge in [-0.2, -0.15) is 0 Å². The van der Waals surface area contributed by atoms with Gasteiger partial charge in [0.15, 0.2) is 5.78 Å². The Balaban J connectivity index is 1.82. The van der Waals surface area contributed by atoms with Crippen LogP contribution in [0.15, 0.2) is 53.4 Å². The molecule has 3 heterocycles. The van der Waals surface area contributed by atoms with Crippen molar-refractivity contribution >= 4 is 22.6 Å². The van der Waals surface area contributed by atoms with Crippen molar-refractivity contribution in [3.8, 4) is 0 Å². The van der Waals surface area contributed by atoms with Crippen LogP contribution in [0, 0.1) is 12.8 Å². The van der Waals surface area contributed by atoms with Crippen LogP contribution in [0.2, 0.25) is 0 Å². The average Bonchev–Trinajstić information content (AvgIpc) is 3.23. The van der Waals surface area contributed by atoms with Crippen molar-refractivity contribution in [2.24, 2.45) is 5.92 Å². The SMILES string of the molecule is CCO[C@H]1OC(=O)[C@@]2([S@@](=O)c3ccc(C)cc3)[C@@H]1[C@H]1O[C@]2(OC)c2ccccc2C1=O. The molecular formula is C23H22O7S. The molecule has 162 valence electrons. The molecule has 0 aliphatic carbocycles. The van der Waals surface area contributed by atoms with Crippen LogP contribution in [0.4, 0.5) is 0 Å². The number of benzene rings is 2. The van der Waals surface area contributed by atoms with Gasteiger partial charge in [0.05, 0.1) is 16.7 Å². The lowest BCUT2D eigenvalue weighted by Crippen LogP contribution is -2.59. The standard InChI is InChI=1S/C23H22O7S/c1-4-28-20-17-19-18(24)15-7-5-6-8-16(15)23(27-3,30-19)22(17,21(25)29-20)31(26)14-11-9-13(2)10-12-14/h5-12,17,19-20H,4H2,1-3H3/t17-,19-,20+,22+,23-,31+/m1/s1. The summed E-state index contributed by atoms with van der Waals surface area (Å²) in [6.45, 7) is 3.92. The number of cyclic esters (lactones) is 1. The number of hydrogen-bond acceptors (Lipinski definition) is 7. The molecule has 3 aliphatic heterocycles. The van der Waals surface area contributed by atoms with Gasteiger partial charge in [0.25, 0.3) is 0 Å². The van der Waals surface area contributed by atoms with Crippen LogP contribution in [0.3, 0.4) is 0 Å². The van der Waals surface area contributed by atoms with E-state index in [-0.39, 0.29) is 12.4 Å². The highest BCUT2D eigenvalue weighted by Crippen LogP contribution is 2.63. The van der Waals surface area contributed by atoms with Crippen LogP contribution < -0.4 is 0 Å². The molecule has 2 fully saturated rings. The van der Waals surface area contributed by atoms with Gasteiger partial charge in [0.2, 0.25) is 16.8 Å². The lowest BCUT2D eigenvalue weighted by atomic mass is 9.84. The molecule has 31 heavy (non-hydrogen) atoms. The number of carbonyl (C=O) groups excluding carboxylic acids is 2. The highest BCUT2D eigenvalue weighted by molar-refractivity contribution is 7.87. The summed E-state index contributed by atoms with van der Waals surface area (Å²) >= 11 is 0. The smallest absolute Gasteiger partial charge is 0.334 e. The fourth-order valence-corrected chi connectivity index (χ4v) is 6.96. The molecule has 2 bridgehead atoms. The van der Waals surface area contributed by atoms with Crippen LogP contribution in [0.25, 0.3) is 0 Å². The number of ether oxygens (including phenoxy) is 4. The van der Waals surface area contributed by atoms with E-state index in [1.807, 2.05) is 19.1 Å². The maximum Gasteiger partial charge on any atom is 0.334 e. The summed E-state index contributed by atoms with van der Waals surface area (Å²) < 4.78 is 35.8. The van der Waals surface area contributed by atoms with Gasteiger partial charge >= 0.3 is 5.97 Å². The number of fused-ring (bicyclic) bond motifs is 7. The van der Waals surface area contributed by atoms with E-state index >= 15 is 0 Å². The van der Waals surface area contributed by atoms with Crippen molar-refractivity contribution in [3.63, 3.8) is 0 Å². The second-order valence-corrected chi connectivity index (χ2v) is 9.49. The third-order valence-electron chi connectivity index (χ3n) is 6.35. The Hall–Kier alpha value is -2.39. The first kappa shape index (κ1) is 20.5. The van der Waals surface area contributed by atoms with Gasteiger partial charge < -0.3 is 18.9 Å². The normalized spacial score (nSPS) is 34.2. The third-order valence-corrected chi connectivity index (χ3v) is 8.34. The third kappa shape index (κ3) is 2.41. The van der Waals surface area contributed by atoms with E-state index in [9.17, 15) is 13.8 Å². The van der Waals surface area contributed by atoms with Gasteiger partial charge in [-0.05, 0) is 26.0 Å². The van der Waals surface area contributed by atoms with E-state index in [0.717, 1.165) is 5.56 Å². The monoisotopic (exact) mass is 442 g/mol. The Kier molecular flexibility index (Phi) is 4.67. The van der Waals surface area contributed by atoms with E-state index in [2.05, 4.69) is 0 Å². The number of hydrogen-bond donors (Lipinski definition) is 0. The van der Waals surface area contributed by atoms with Crippen LogP contribution >= 0.6 is 0 Å². The summed E-state index contributed by atoms with van der Waals surface area (Å²) in [5.41, 5.74) is 1.74. The largest absolute Gasteiger partial charge is 0.434 e. The Labute approximate surface area is 182 Å². The van der Waals surface area contributed by atoms with Gasteiger partial charge in [-0.15, -0.1) is 0 Å². The first-order valence-electron chi connectivity index (χ1n) is 10.1. The van der Waals surface area contributed by atoms with E-state index in [1.165, 1.54) is 7.11 Å². The summed E-state index contributed by atoms with van der Waals surface area (Å²) in [5.74, 6) is -3.77. The lowest BCUT2D eigenvalue weighted by Gasteiger charge is -2.40. The molecule has 0 unspecified atom stereocenters. The summed E-state index contributed by atoms with van der Waals surface area (Å²) in [7, 11) is -0.586. The number of aryl methyl sites for hydroxylation is 1. The van der Waals surface area contributed by atoms with E-state index in [1.54, 1.807) is 43.3 Å². The van der Waals surface area contributed by atoms with Crippen molar-refractivity contribution < 1.29 is 32.7 Å². The Morgan fingerprint density at radius 2 is 1.81 bits per heavy atom. The molecule has 0 spiro atoms. The Morgan fingerprint density at radius 1 is 1.10 bits per heavy atom. The predicted octanol–water partition coefficient (Wildman–Crippen LogP) is 2.47. The molecule has 0 amide bonds. The molecule has 2 aromatic carbocycles. The molecule has 6 atom stereocenters. The highest BCUT2D eigenvalue weighted by atomic mass is 32.2. The highest BCUT2D eigenvalue weighted by Gasteiger charge is 2.84. The van der Waals surface area contributed by atoms with Crippen molar-refractivity contribution in [2.45, 2.75) is 41.7 Å². The molecule has 0 aromatic heterocycles. The number of ketones is 1. The van der Waals surface area contributed by atoms with Crippen molar-refractivity contribution in [3.05, 3.63) is 65.2 Å². The van der Waals surface area contributed by atoms with Crippen LogP contribution in [0.1, 0.15) is 28.4 Å². The van der Waals surface area contributed by atoms with Gasteiger partial charge in [-0.25, -0.2) is 0 Å². The zero-order chi connectivity index (χ0) is 22.0. The van der Waals surface area contributed by atoms with Crippen LogP contribution in [0.5, 0.6) is 0 Å². The minimum atomic E-state index is -1.98. The van der Waals surface area contributed by atoms with Crippen molar-refractivity contribution in [1.82, 2.24) is 0 Å². The minimum absolute atomic E-state index is 0.246. The van der Waals surface area contributed by atoms with E-state index in [4.69, 9.17) is 18.9 Å². The summed E-state index contributed by atoms with van der Waals surface area (Å²) in [4.78, 5) is 27.4. The van der Waals surface area contributed by atoms with Crippen molar-refractivity contribution in [2.75, 3.05) is 13.7 Å². The van der Waals surface area contributed by atoms with Gasteiger partial charge in [-0.3, -0.25) is 13.8 Å². The average molecular weight is 442 g/mol. The zero-order valence-corrected chi connectivity index (χ0v) is 18.1. The number of methoxy groups -OCH3 is 1. The van der Waals surface area contributed by atoms with Gasteiger partial charge in [0, 0.05) is 29.7 Å². The molecule has 0 saturated carbocycles. The van der Waals surface area contributed by atoms with Crippen LogP contribution in [-0.4, -0.2) is 46.8 Å². The fourth-order valence-electron chi connectivity index (χ4n) is 5.04. The molecule has 5 rings (SSSR count). The molecule has 0 radical (unpaired) electrons. The molecule has 2 saturated heterocycles. The number of Topliss-reactive ketones (excluding diaryl/α,β-unsaturated/α-hetero) is 1. The van der Waals surface area contributed by atoms with Crippen LogP contribution in [-0.2, 0) is 40.3 Å².